The third-order valence-electron chi connectivity index (χ3n) is 1.76. The van der Waals surface area contributed by atoms with E-state index in [-0.39, 0.29) is 5.91 Å². The molecule has 1 amide bonds. The Balaban J connectivity index is 2.57. The van der Waals surface area contributed by atoms with E-state index >= 15 is 0 Å². The largest absolute Gasteiger partial charge is 0.384 e. The van der Waals surface area contributed by atoms with Gasteiger partial charge in [0, 0.05) is 11.9 Å². The summed E-state index contributed by atoms with van der Waals surface area (Å²) in [6, 6.07) is 3.90. The second-order valence-corrected chi connectivity index (χ2v) is 5.62. The lowest BCUT2D eigenvalue weighted by Crippen LogP contribution is -2.33. The monoisotopic (exact) mass is 277 g/mol. The van der Waals surface area contributed by atoms with Gasteiger partial charge in [-0.15, -0.1) is 11.3 Å². The van der Waals surface area contributed by atoms with Crippen molar-refractivity contribution in [3.8, 4) is 0 Å². The number of halogens is 1. The summed E-state index contributed by atoms with van der Waals surface area (Å²) in [6.45, 7) is 2.02. The van der Waals surface area contributed by atoms with Crippen LogP contribution in [0.1, 0.15) is 11.8 Å². The van der Waals surface area contributed by atoms with Gasteiger partial charge in [-0.2, -0.15) is 0 Å². The molecular weight excluding hydrogens is 266 g/mol. The number of hydrogen-bond donors (Lipinski definition) is 1. The first kappa shape index (κ1) is 11.7. The normalized spacial score (nSPS) is 12.6. The minimum atomic E-state index is -0.927. The summed E-state index contributed by atoms with van der Waals surface area (Å²) < 4.78 is 1.05. The van der Waals surface area contributed by atoms with E-state index in [0.29, 0.717) is 6.54 Å². The van der Waals surface area contributed by atoms with Gasteiger partial charge in [-0.1, -0.05) is 0 Å². The second-order valence-electron chi connectivity index (χ2n) is 3.08. The van der Waals surface area contributed by atoms with Gasteiger partial charge in [0.25, 0.3) is 5.91 Å². The predicted molar refractivity (Wildman–Crippen MR) is 60.2 cm³/mol. The number of nitrogens with zero attached hydrogens (tertiary/aromatic N) is 1. The van der Waals surface area contributed by atoms with E-state index in [4.69, 9.17) is 5.11 Å². The first-order valence-electron chi connectivity index (χ1n) is 4.18. The van der Waals surface area contributed by atoms with Crippen LogP contribution in [0.5, 0.6) is 0 Å². The first-order valence-corrected chi connectivity index (χ1v) is 5.79. The molecular formula is C9H12BrNO2S. The molecule has 0 fully saturated rings. The average molecular weight is 278 g/mol. The van der Waals surface area contributed by atoms with Crippen LogP contribution in [0, 0.1) is 0 Å². The molecule has 0 aliphatic carbocycles. The van der Waals surface area contributed by atoms with Crippen molar-refractivity contribution in [1.82, 2.24) is 4.90 Å². The fourth-order valence-electron chi connectivity index (χ4n) is 1.07. The Bertz CT molecular complexity index is 324. The molecule has 0 bridgehead atoms. The van der Waals surface area contributed by atoms with Gasteiger partial charge >= 0.3 is 0 Å². The van der Waals surface area contributed by atoms with Crippen LogP contribution in [0.2, 0.25) is 0 Å². The number of rotatable bonds is 3. The summed E-state index contributed by atoms with van der Waals surface area (Å²) in [5, 5.41) is 9.08. The molecule has 3 nitrogen and oxygen atoms in total. The zero-order chi connectivity index (χ0) is 10.7. The topological polar surface area (TPSA) is 40.5 Å². The molecule has 1 N–H and O–H groups in total. The SMILES string of the molecule is CC(O)C(=O)N(C)Cc1ccc(Br)s1. The lowest BCUT2D eigenvalue weighted by molar-refractivity contribution is -0.138. The Morgan fingerprint density at radius 3 is 2.79 bits per heavy atom. The Morgan fingerprint density at radius 1 is 1.71 bits per heavy atom. The molecule has 5 heteroatoms. The van der Waals surface area contributed by atoms with Crippen molar-refractivity contribution in [3.05, 3.63) is 20.8 Å². The molecule has 0 saturated heterocycles. The molecule has 78 valence electrons. The fourth-order valence-corrected chi connectivity index (χ4v) is 2.60. The Kier molecular flexibility index (Phi) is 4.10. The summed E-state index contributed by atoms with van der Waals surface area (Å²) >= 11 is 4.94. The maximum Gasteiger partial charge on any atom is 0.251 e. The fraction of sp³-hybridized carbons (Fsp3) is 0.444. The van der Waals surface area contributed by atoms with E-state index < -0.39 is 6.10 Å². The summed E-state index contributed by atoms with van der Waals surface area (Å²) in [5.74, 6) is -0.255. The molecule has 1 aromatic heterocycles. The third kappa shape index (κ3) is 3.08. The van der Waals surface area contributed by atoms with Gasteiger partial charge in [0.1, 0.15) is 6.10 Å². The highest BCUT2D eigenvalue weighted by molar-refractivity contribution is 9.11. The smallest absolute Gasteiger partial charge is 0.251 e. The first-order chi connectivity index (χ1) is 6.50. The average Bonchev–Trinajstić information content (AvgIpc) is 2.49. The molecule has 0 aromatic carbocycles. The number of amides is 1. The van der Waals surface area contributed by atoms with Crippen LogP contribution in [0.4, 0.5) is 0 Å². The molecule has 0 spiro atoms. The summed E-state index contributed by atoms with van der Waals surface area (Å²) in [7, 11) is 1.68. The lowest BCUT2D eigenvalue weighted by atomic mass is 10.3. The molecule has 1 rings (SSSR count). The minimum Gasteiger partial charge on any atom is -0.384 e. The van der Waals surface area contributed by atoms with Gasteiger partial charge < -0.3 is 10.0 Å². The van der Waals surface area contributed by atoms with Crippen molar-refractivity contribution in [2.45, 2.75) is 19.6 Å². The van der Waals surface area contributed by atoms with Gasteiger partial charge in [-0.3, -0.25) is 4.79 Å². The molecule has 0 radical (unpaired) electrons. The molecule has 14 heavy (non-hydrogen) atoms. The van der Waals surface area contributed by atoms with Gasteiger partial charge in [-0.25, -0.2) is 0 Å². The van der Waals surface area contributed by atoms with Crippen molar-refractivity contribution < 1.29 is 9.90 Å². The molecule has 1 atom stereocenters. The van der Waals surface area contributed by atoms with E-state index in [9.17, 15) is 4.79 Å². The molecule has 1 heterocycles. The zero-order valence-corrected chi connectivity index (χ0v) is 10.4. The van der Waals surface area contributed by atoms with E-state index in [1.807, 2.05) is 12.1 Å². The maximum atomic E-state index is 11.3. The number of aliphatic hydroxyl groups is 1. The number of likely N-dealkylation sites (N-methyl/N-ethyl adjacent to an activating group) is 1. The Labute approximate surface area is 95.5 Å². The highest BCUT2D eigenvalue weighted by Gasteiger charge is 2.14. The number of aliphatic hydroxyl groups excluding tert-OH is 1. The van der Waals surface area contributed by atoms with Crippen molar-refractivity contribution in [2.75, 3.05) is 7.05 Å². The number of hydrogen-bond acceptors (Lipinski definition) is 3. The van der Waals surface area contributed by atoms with Crippen LogP contribution in [0.25, 0.3) is 0 Å². The van der Waals surface area contributed by atoms with Crippen LogP contribution in [0.15, 0.2) is 15.9 Å². The third-order valence-corrected chi connectivity index (χ3v) is 3.36. The Hall–Kier alpha value is -0.390. The predicted octanol–water partition coefficient (Wildman–Crippen LogP) is 1.85. The molecule has 0 aliphatic heterocycles. The quantitative estimate of drug-likeness (QED) is 0.916. The van der Waals surface area contributed by atoms with Gasteiger partial charge in [-0.05, 0) is 35.0 Å². The van der Waals surface area contributed by atoms with E-state index in [0.717, 1.165) is 8.66 Å². The standard InChI is InChI=1S/C9H12BrNO2S/c1-6(12)9(13)11(2)5-7-3-4-8(10)14-7/h3-4,6,12H,5H2,1-2H3. The molecule has 1 aromatic rings. The summed E-state index contributed by atoms with van der Waals surface area (Å²) in [6.07, 6.45) is -0.927. The van der Waals surface area contributed by atoms with Gasteiger partial charge in [0.05, 0.1) is 10.3 Å². The number of carbonyl (C=O) groups excluding carboxylic acids is 1. The number of thiophene rings is 1. The summed E-state index contributed by atoms with van der Waals surface area (Å²) in [5.41, 5.74) is 0. The van der Waals surface area contributed by atoms with Crippen LogP contribution in [-0.4, -0.2) is 29.1 Å². The van der Waals surface area contributed by atoms with Gasteiger partial charge in [0.15, 0.2) is 0 Å². The van der Waals surface area contributed by atoms with Gasteiger partial charge in [0.2, 0.25) is 0 Å². The Morgan fingerprint density at radius 2 is 2.36 bits per heavy atom. The van der Waals surface area contributed by atoms with E-state index in [2.05, 4.69) is 15.9 Å². The van der Waals surface area contributed by atoms with Crippen molar-refractivity contribution in [2.24, 2.45) is 0 Å². The molecule has 0 aliphatic rings. The maximum absolute atomic E-state index is 11.3. The highest BCUT2D eigenvalue weighted by Crippen LogP contribution is 2.23. The lowest BCUT2D eigenvalue weighted by Gasteiger charge is -2.17. The van der Waals surface area contributed by atoms with Crippen molar-refractivity contribution >= 4 is 33.2 Å². The van der Waals surface area contributed by atoms with Crippen molar-refractivity contribution in [1.29, 1.82) is 0 Å². The minimum absolute atomic E-state index is 0.255. The number of carbonyl (C=O) groups is 1. The van der Waals surface area contributed by atoms with Crippen LogP contribution >= 0.6 is 27.3 Å². The zero-order valence-electron chi connectivity index (χ0n) is 8.03. The highest BCUT2D eigenvalue weighted by atomic mass is 79.9. The van der Waals surface area contributed by atoms with Crippen LogP contribution < -0.4 is 0 Å². The van der Waals surface area contributed by atoms with Crippen LogP contribution in [-0.2, 0) is 11.3 Å². The second kappa shape index (κ2) is 4.91. The van der Waals surface area contributed by atoms with E-state index in [1.165, 1.54) is 11.8 Å². The summed E-state index contributed by atoms with van der Waals surface area (Å²) in [4.78, 5) is 13.9. The van der Waals surface area contributed by atoms with Crippen LogP contribution in [0.3, 0.4) is 0 Å². The molecule has 0 saturated carbocycles. The van der Waals surface area contributed by atoms with Crippen molar-refractivity contribution in [3.63, 3.8) is 0 Å². The van der Waals surface area contributed by atoms with E-state index in [1.54, 1.807) is 18.4 Å². The molecule has 1 unspecified atom stereocenters.